The van der Waals surface area contributed by atoms with Gasteiger partial charge in [0, 0.05) is 6.54 Å². The van der Waals surface area contributed by atoms with Crippen LogP contribution in [-0.4, -0.2) is 25.5 Å². The van der Waals surface area contributed by atoms with Gasteiger partial charge in [0.2, 0.25) is 0 Å². The molecule has 0 aliphatic carbocycles. The fourth-order valence-electron chi connectivity index (χ4n) is 0.758. The van der Waals surface area contributed by atoms with Crippen LogP contribution >= 0.6 is 0 Å². The van der Waals surface area contributed by atoms with Gasteiger partial charge in [0.1, 0.15) is 0 Å². The molecule has 0 atom stereocenters. The minimum absolute atomic E-state index is 1.04. The SMILES string of the molecule is C=C/C=C(\C=C)CCN(C)C. The second-order valence-electron chi connectivity index (χ2n) is 2.73. The van der Waals surface area contributed by atoms with Gasteiger partial charge in [-0.05, 0) is 26.1 Å². The van der Waals surface area contributed by atoms with E-state index in [1.165, 1.54) is 5.57 Å². The first-order chi connectivity index (χ1) is 5.20. The van der Waals surface area contributed by atoms with E-state index in [4.69, 9.17) is 0 Å². The zero-order chi connectivity index (χ0) is 8.69. The van der Waals surface area contributed by atoms with Gasteiger partial charge >= 0.3 is 0 Å². The molecule has 0 fully saturated rings. The monoisotopic (exact) mass is 151 g/mol. The van der Waals surface area contributed by atoms with Crippen molar-refractivity contribution < 1.29 is 0 Å². The minimum Gasteiger partial charge on any atom is -0.309 e. The summed E-state index contributed by atoms with van der Waals surface area (Å²) in [6.45, 7) is 8.42. The van der Waals surface area contributed by atoms with Crippen LogP contribution in [0.15, 0.2) is 37.0 Å². The van der Waals surface area contributed by atoms with E-state index < -0.39 is 0 Å². The Balaban J connectivity index is 3.79. The zero-order valence-corrected chi connectivity index (χ0v) is 7.51. The van der Waals surface area contributed by atoms with Crippen molar-refractivity contribution in [2.75, 3.05) is 20.6 Å². The summed E-state index contributed by atoms with van der Waals surface area (Å²) in [5.74, 6) is 0. The van der Waals surface area contributed by atoms with Crippen LogP contribution in [0.2, 0.25) is 0 Å². The molecule has 0 unspecified atom stereocenters. The van der Waals surface area contributed by atoms with Crippen LogP contribution in [0, 0.1) is 0 Å². The molecule has 0 heterocycles. The third-order valence-corrected chi connectivity index (χ3v) is 1.44. The molecule has 0 saturated heterocycles. The normalized spacial score (nSPS) is 11.7. The molecular weight excluding hydrogens is 134 g/mol. The van der Waals surface area contributed by atoms with Crippen molar-refractivity contribution in [2.45, 2.75) is 6.42 Å². The summed E-state index contributed by atoms with van der Waals surface area (Å²) in [6.07, 6.45) is 6.72. The van der Waals surface area contributed by atoms with E-state index in [2.05, 4.69) is 32.2 Å². The smallest absolute Gasteiger partial charge is 0.00157 e. The molecule has 0 rings (SSSR count). The van der Waals surface area contributed by atoms with Gasteiger partial charge in [-0.3, -0.25) is 0 Å². The Morgan fingerprint density at radius 1 is 1.36 bits per heavy atom. The van der Waals surface area contributed by atoms with Crippen molar-refractivity contribution in [1.29, 1.82) is 0 Å². The van der Waals surface area contributed by atoms with E-state index in [0.717, 1.165) is 13.0 Å². The highest BCUT2D eigenvalue weighted by atomic mass is 15.0. The number of hydrogen-bond acceptors (Lipinski definition) is 1. The predicted octanol–water partition coefficient (Wildman–Crippen LogP) is 2.24. The van der Waals surface area contributed by atoms with Crippen molar-refractivity contribution in [3.63, 3.8) is 0 Å². The van der Waals surface area contributed by atoms with Gasteiger partial charge in [0.15, 0.2) is 0 Å². The van der Waals surface area contributed by atoms with Crippen LogP contribution in [0.25, 0.3) is 0 Å². The fraction of sp³-hybridized carbons (Fsp3) is 0.400. The summed E-state index contributed by atoms with van der Waals surface area (Å²) in [5, 5.41) is 0. The van der Waals surface area contributed by atoms with Crippen molar-refractivity contribution in [2.24, 2.45) is 0 Å². The van der Waals surface area contributed by atoms with Crippen molar-refractivity contribution in [3.05, 3.63) is 37.0 Å². The fourth-order valence-corrected chi connectivity index (χ4v) is 0.758. The lowest BCUT2D eigenvalue weighted by Crippen LogP contribution is -2.13. The van der Waals surface area contributed by atoms with Gasteiger partial charge in [-0.2, -0.15) is 0 Å². The maximum Gasteiger partial charge on any atom is 0.00157 e. The topological polar surface area (TPSA) is 3.24 Å². The molecule has 0 aromatic rings. The molecule has 0 amide bonds. The highest BCUT2D eigenvalue weighted by Crippen LogP contribution is 2.02. The largest absolute Gasteiger partial charge is 0.309 e. The Hall–Kier alpha value is -0.820. The highest BCUT2D eigenvalue weighted by Gasteiger charge is 1.92. The number of allylic oxidation sites excluding steroid dienone is 3. The first-order valence-electron chi connectivity index (χ1n) is 3.79. The Bertz CT molecular complexity index is 154. The lowest BCUT2D eigenvalue weighted by molar-refractivity contribution is 0.414. The molecule has 11 heavy (non-hydrogen) atoms. The van der Waals surface area contributed by atoms with E-state index >= 15 is 0 Å². The average molecular weight is 151 g/mol. The van der Waals surface area contributed by atoms with E-state index in [9.17, 15) is 0 Å². The number of rotatable bonds is 5. The first-order valence-corrected chi connectivity index (χ1v) is 3.79. The van der Waals surface area contributed by atoms with Crippen molar-refractivity contribution in [1.82, 2.24) is 4.90 Å². The second kappa shape index (κ2) is 5.93. The maximum atomic E-state index is 3.72. The molecule has 0 aliphatic heterocycles. The van der Waals surface area contributed by atoms with E-state index in [0.29, 0.717) is 0 Å². The van der Waals surface area contributed by atoms with Gasteiger partial charge in [0.25, 0.3) is 0 Å². The molecule has 0 aromatic heterocycles. The molecule has 0 spiro atoms. The summed E-state index contributed by atoms with van der Waals surface area (Å²) in [5.41, 5.74) is 1.24. The maximum absolute atomic E-state index is 3.72. The van der Waals surface area contributed by atoms with Crippen LogP contribution in [-0.2, 0) is 0 Å². The van der Waals surface area contributed by atoms with Gasteiger partial charge < -0.3 is 4.90 Å². The van der Waals surface area contributed by atoms with Gasteiger partial charge in [-0.25, -0.2) is 0 Å². The summed E-state index contributed by atoms with van der Waals surface area (Å²) in [7, 11) is 4.13. The standard InChI is InChI=1S/C10H17N/c1-5-7-10(6-2)8-9-11(3)4/h5-7H,1-2,8-9H2,3-4H3/b10-7+. The average Bonchev–Trinajstić information content (AvgIpc) is 1.97. The van der Waals surface area contributed by atoms with Crippen molar-refractivity contribution >= 4 is 0 Å². The molecule has 62 valence electrons. The molecule has 1 nitrogen and oxygen atoms in total. The van der Waals surface area contributed by atoms with Gasteiger partial charge in [-0.1, -0.05) is 31.4 Å². The summed E-state index contributed by atoms with van der Waals surface area (Å²) >= 11 is 0. The minimum atomic E-state index is 1.04. The number of nitrogens with zero attached hydrogens (tertiary/aromatic N) is 1. The zero-order valence-electron chi connectivity index (χ0n) is 7.51. The summed E-state index contributed by atoms with van der Waals surface area (Å²) in [4.78, 5) is 2.15. The lowest BCUT2D eigenvalue weighted by Gasteiger charge is -2.08. The van der Waals surface area contributed by atoms with Crippen LogP contribution in [0.5, 0.6) is 0 Å². The Kier molecular flexibility index (Phi) is 5.49. The Labute approximate surface area is 69.7 Å². The molecule has 0 aliphatic rings. The third kappa shape index (κ3) is 5.62. The molecule has 0 radical (unpaired) electrons. The molecule has 0 saturated carbocycles. The van der Waals surface area contributed by atoms with E-state index in [1.54, 1.807) is 6.08 Å². The van der Waals surface area contributed by atoms with Crippen LogP contribution < -0.4 is 0 Å². The Morgan fingerprint density at radius 3 is 2.36 bits per heavy atom. The molecule has 0 bridgehead atoms. The molecular formula is C10H17N. The molecule has 0 aromatic carbocycles. The highest BCUT2D eigenvalue weighted by molar-refractivity contribution is 5.20. The molecule has 1 heteroatoms. The summed E-state index contributed by atoms with van der Waals surface area (Å²) < 4.78 is 0. The molecule has 0 N–H and O–H groups in total. The van der Waals surface area contributed by atoms with E-state index in [1.807, 2.05) is 12.2 Å². The van der Waals surface area contributed by atoms with E-state index in [-0.39, 0.29) is 0 Å². The van der Waals surface area contributed by atoms with Gasteiger partial charge in [-0.15, -0.1) is 0 Å². The number of hydrogen-bond donors (Lipinski definition) is 0. The van der Waals surface area contributed by atoms with Gasteiger partial charge in [0.05, 0.1) is 0 Å². The quantitative estimate of drug-likeness (QED) is 0.545. The van der Waals surface area contributed by atoms with Crippen LogP contribution in [0.1, 0.15) is 6.42 Å². The Morgan fingerprint density at radius 2 is 2.00 bits per heavy atom. The van der Waals surface area contributed by atoms with Crippen LogP contribution in [0.4, 0.5) is 0 Å². The first kappa shape index (κ1) is 10.2. The lowest BCUT2D eigenvalue weighted by atomic mass is 10.1. The van der Waals surface area contributed by atoms with Crippen LogP contribution in [0.3, 0.4) is 0 Å². The summed E-state index contributed by atoms with van der Waals surface area (Å²) in [6, 6.07) is 0. The second-order valence-corrected chi connectivity index (χ2v) is 2.73. The van der Waals surface area contributed by atoms with Crippen molar-refractivity contribution in [3.8, 4) is 0 Å². The predicted molar refractivity (Wildman–Crippen MR) is 51.6 cm³/mol. The third-order valence-electron chi connectivity index (χ3n) is 1.44.